The van der Waals surface area contributed by atoms with Crippen molar-refractivity contribution in [3.05, 3.63) is 94.4 Å². The number of halogens is 2. The van der Waals surface area contributed by atoms with E-state index in [1.54, 1.807) is 34.8 Å². The van der Waals surface area contributed by atoms with Gasteiger partial charge in [-0.15, -0.1) is 22.7 Å². The molecule has 0 unspecified atom stereocenters. The van der Waals surface area contributed by atoms with Crippen molar-refractivity contribution in [2.45, 2.75) is 0 Å². The van der Waals surface area contributed by atoms with E-state index in [4.69, 9.17) is 0 Å². The van der Waals surface area contributed by atoms with Crippen molar-refractivity contribution in [2.24, 2.45) is 0 Å². The highest BCUT2D eigenvalue weighted by molar-refractivity contribution is 7.17. The Morgan fingerprint density at radius 1 is 0.833 bits per heavy atom. The highest BCUT2D eigenvalue weighted by Gasteiger charge is 2.18. The van der Waals surface area contributed by atoms with E-state index >= 15 is 0 Å². The van der Waals surface area contributed by atoms with Gasteiger partial charge in [0.1, 0.15) is 5.76 Å². The average Bonchev–Trinajstić information content (AvgIpc) is 3.34. The Morgan fingerprint density at radius 2 is 1.37 bits per heavy atom. The minimum Gasteiger partial charge on any atom is -0.505 e. The normalized spacial score (nSPS) is 12.4. The van der Waals surface area contributed by atoms with E-state index in [1.807, 2.05) is 59.3 Å². The van der Waals surface area contributed by atoms with Crippen LogP contribution in [0.5, 0.6) is 0 Å². The molecule has 2 nitrogen and oxygen atoms in total. The molecule has 0 aliphatic carbocycles. The number of hydrogen-bond acceptors (Lipinski definition) is 4. The lowest BCUT2D eigenvalue weighted by Gasteiger charge is -2.02. The predicted molar refractivity (Wildman–Crippen MR) is 124 cm³/mol. The first kappa shape index (κ1) is 20.3. The molecule has 0 radical (unpaired) electrons. The first-order chi connectivity index (χ1) is 14.6. The van der Waals surface area contributed by atoms with E-state index < -0.39 is 13.3 Å². The summed E-state index contributed by atoms with van der Waals surface area (Å²) in [5.41, 5.74) is 1.79. The van der Waals surface area contributed by atoms with Gasteiger partial charge in [0.25, 0.3) is 0 Å². The molecular formula is C23H15BF2O2S2. The molecule has 0 fully saturated rings. The second kappa shape index (κ2) is 9.20. The first-order valence-corrected chi connectivity index (χ1v) is 10.9. The molecule has 2 heterocycles. The monoisotopic (exact) mass is 436 g/mol. The van der Waals surface area contributed by atoms with Crippen LogP contribution in [0.4, 0.5) is 8.63 Å². The summed E-state index contributed by atoms with van der Waals surface area (Å²) >= 11 is 3.15. The minimum atomic E-state index is -3.02. The topological polar surface area (TPSA) is 26.3 Å². The number of ketones is 1. The number of thiophene rings is 2. The molecule has 0 aliphatic heterocycles. The molecule has 4 rings (SSSR count). The summed E-state index contributed by atoms with van der Waals surface area (Å²) < 4.78 is 32.4. The molecule has 0 atom stereocenters. The van der Waals surface area contributed by atoms with Crippen LogP contribution in [0.2, 0.25) is 0 Å². The van der Waals surface area contributed by atoms with Gasteiger partial charge in [0.15, 0.2) is 5.78 Å². The Morgan fingerprint density at radius 3 is 1.93 bits per heavy atom. The van der Waals surface area contributed by atoms with Gasteiger partial charge < -0.3 is 4.65 Å². The third-order valence-electron chi connectivity index (χ3n) is 4.39. The fraction of sp³-hybridized carbons (Fsp3) is 0. The summed E-state index contributed by atoms with van der Waals surface area (Å²) in [6.45, 7) is 0. The zero-order chi connectivity index (χ0) is 20.9. The Bertz CT molecular complexity index is 1280. The maximum atomic E-state index is 12.8. The van der Waals surface area contributed by atoms with Crippen LogP contribution < -0.4 is 0 Å². The van der Waals surface area contributed by atoms with Gasteiger partial charge in [-0.05, 0) is 69.1 Å². The van der Waals surface area contributed by atoms with Crippen LogP contribution in [0, 0.1) is 0 Å². The van der Waals surface area contributed by atoms with E-state index in [0.29, 0.717) is 0 Å². The SMILES string of the molecule is O=C(/C=C(/C=C/c1csc2ccccc12)OB(F)F)/C=C/c1csc2ccccc12. The lowest BCUT2D eigenvalue weighted by Crippen LogP contribution is -2.04. The molecular weight excluding hydrogens is 421 g/mol. The van der Waals surface area contributed by atoms with Crippen molar-refractivity contribution in [3.8, 4) is 0 Å². The van der Waals surface area contributed by atoms with Gasteiger partial charge in [0.2, 0.25) is 0 Å². The second-order valence-electron chi connectivity index (χ2n) is 6.37. The highest BCUT2D eigenvalue weighted by Crippen LogP contribution is 2.28. The van der Waals surface area contributed by atoms with Crippen molar-refractivity contribution in [3.63, 3.8) is 0 Å². The third kappa shape index (κ3) is 4.75. The van der Waals surface area contributed by atoms with Crippen molar-refractivity contribution in [2.75, 3.05) is 0 Å². The van der Waals surface area contributed by atoms with E-state index in [-0.39, 0.29) is 5.76 Å². The van der Waals surface area contributed by atoms with Crippen molar-refractivity contribution < 1.29 is 18.1 Å². The lowest BCUT2D eigenvalue weighted by atomic mass is 10.1. The van der Waals surface area contributed by atoms with Crippen LogP contribution in [0.1, 0.15) is 11.1 Å². The second-order valence-corrected chi connectivity index (χ2v) is 8.19. The highest BCUT2D eigenvalue weighted by atomic mass is 32.1. The van der Waals surface area contributed by atoms with Crippen LogP contribution in [-0.4, -0.2) is 13.3 Å². The van der Waals surface area contributed by atoms with Gasteiger partial charge in [-0.25, -0.2) is 8.63 Å². The quantitative estimate of drug-likeness (QED) is 0.132. The molecule has 148 valence electrons. The Labute approximate surface area is 180 Å². The molecule has 2 aromatic heterocycles. The molecule has 0 amide bonds. The van der Waals surface area contributed by atoms with Crippen LogP contribution >= 0.6 is 22.7 Å². The van der Waals surface area contributed by atoms with Crippen LogP contribution in [-0.2, 0) is 9.45 Å². The summed E-state index contributed by atoms with van der Waals surface area (Å²) in [5.74, 6) is -0.620. The third-order valence-corrected chi connectivity index (χ3v) is 6.35. The van der Waals surface area contributed by atoms with E-state index in [2.05, 4.69) is 4.65 Å². The van der Waals surface area contributed by atoms with Gasteiger partial charge in [-0.2, -0.15) is 0 Å². The van der Waals surface area contributed by atoms with Crippen molar-refractivity contribution in [1.82, 2.24) is 0 Å². The molecule has 4 aromatic rings. The predicted octanol–water partition coefficient (Wildman–Crippen LogP) is 7.24. The molecule has 7 heteroatoms. The zero-order valence-corrected chi connectivity index (χ0v) is 17.3. The van der Waals surface area contributed by atoms with Crippen molar-refractivity contribution >= 4 is 68.3 Å². The number of hydrogen-bond donors (Lipinski definition) is 0. The molecule has 0 spiro atoms. The molecule has 30 heavy (non-hydrogen) atoms. The Hall–Kier alpha value is -3.03. The maximum absolute atomic E-state index is 12.8. The maximum Gasteiger partial charge on any atom is 0.796 e. The average molecular weight is 436 g/mol. The lowest BCUT2D eigenvalue weighted by molar-refractivity contribution is -0.110. The fourth-order valence-electron chi connectivity index (χ4n) is 3.01. The van der Waals surface area contributed by atoms with Crippen LogP contribution in [0.15, 0.2) is 83.3 Å². The molecule has 2 aromatic carbocycles. The minimum absolute atomic E-state index is 0.190. The summed E-state index contributed by atoms with van der Waals surface area (Å²) in [7, 11) is -3.02. The van der Waals surface area contributed by atoms with Gasteiger partial charge >= 0.3 is 7.47 Å². The number of carbonyl (C=O) groups is 1. The van der Waals surface area contributed by atoms with Gasteiger partial charge in [-0.1, -0.05) is 36.4 Å². The van der Waals surface area contributed by atoms with Crippen LogP contribution in [0.25, 0.3) is 32.3 Å². The molecule has 0 saturated carbocycles. The zero-order valence-electron chi connectivity index (χ0n) is 15.6. The van der Waals surface area contributed by atoms with Gasteiger partial charge in [-0.3, -0.25) is 4.79 Å². The summed E-state index contributed by atoms with van der Waals surface area (Å²) in [5, 5.41) is 5.95. The number of fused-ring (bicyclic) bond motifs is 2. The number of benzene rings is 2. The number of carbonyl (C=O) groups excluding carboxylic acids is 1. The van der Waals surface area contributed by atoms with E-state index in [0.717, 1.165) is 37.4 Å². The van der Waals surface area contributed by atoms with Crippen molar-refractivity contribution in [1.29, 1.82) is 0 Å². The first-order valence-electron chi connectivity index (χ1n) is 9.09. The van der Waals surface area contributed by atoms with E-state index in [1.165, 1.54) is 12.2 Å². The smallest absolute Gasteiger partial charge is 0.505 e. The molecule has 0 bridgehead atoms. The van der Waals surface area contributed by atoms with Crippen LogP contribution in [0.3, 0.4) is 0 Å². The Kier molecular flexibility index (Phi) is 6.21. The van der Waals surface area contributed by atoms with Gasteiger partial charge in [0.05, 0.1) is 0 Å². The molecule has 0 N–H and O–H groups in total. The summed E-state index contributed by atoms with van der Waals surface area (Å²) in [6.07, 6.45) is 7.19. The number of allylic oxidation sites excluding steroid dienone is 3. The summed E-state index contributed by atoms with van der Waals surface area (Å²) in [6, 6.07) is 15.7. The molecule has 0 aliphatic rings. The number of rotatable bonds is 7. The van der Waals surface area contributed by atoms with Gasteiger partial charge in [0, 0.05) is 15.5 Å². The standard InChI is InChI=1S/C23H15BF2O2S2/c25-24(26)28-19(12-10-17-15-30-23-8-4-2-6-21(17)23)13-18(27)11-9-16-14-29-22-7-3-1-5-20(16)22/h1-15H/b11-9+,12-10+,19-13-. The fourth-order valence-corrected chi connectivity index (χ4v) is 4.87. The van der Waals surface area contributed by atoms with E-state index in [9.17, 15) is 13.4 Å². The largest absolute Gasteiger partial charge is 0.796 e. The summed E-state index contributed by atoms with van der Waals surface area (Å²) in [4.78, 5) is 12.3. The Balaban J connectivity index is 1.55. The molecule has 0 saturated heterocycles.